The van der Waals surface area contributed by atoms with E-state index in [9.17, 15) is 0 Å². The summed E-state index contributed by atoms with van der Waals surface area (Å²) in [7, 11) is 4.10. The normalized spacial score (nSPS) is 12.6. The minimum Gasteiger partial charge on any atom is -0.492 e. The molecule has 3 nitrogen and oxygen atoms in total. The van der Waals surface area contributed by atoms with Gasteiger partial charge in [0.25, 0.3) is 0 Å². The number of likely N-dealkylation sites (N-methyl/N-ethyl adjacent to an activating group) is 1. The van der Waals surface area contributed by atoms with Crippen molar-refractivity contribution in [1.82, 2.24) is 10.2 Å². The van der Waals surface area contributed by atoms with Gasteiger partial charge in [-0.25, -0.2) is 0 Å². The third-order valence-electron chi connectivity index (χ3n) is 3.61. The molecule has 2 aromatic rings. The van der Waals surface area contributed by atoms with Crippen LogP contribution in [0.1, 0.15) is 23.4 Å². The van der Waals surface area contributed by atoms with Gasteiger partial charge in [-0.1, -0.05) is 18.2 Å². The van der Waals surface area contributed by atoms with E-state index in [-0.39, 0.29) is 0 Å². The lowest BCUT2D eigenvalue weighted by molar-refractivity contribution is 0.202. The smallest absolute Gasteiger partial charge is 0.119 e. The van der Waals surface area contributed by atoms with Crippen LogP contribution in [0.3, 0.4) is 0 Å². The maximum Gasteiger partial charge on any atom is 0.119 e. The fourth-order valence-electron chi connectivity index (χ4n) is 2.20. The lowest BCUT2D eigenvalue weighted by atomic mass is 10.2. The Labute approximate surface area is 131 Å². The predicted molar refractivity (Wildman–Crippen MR) is 90.1 cm³/mol. The first-order chi connectivity index (χ1) is 10.2. The summed E-state index contributed by atoms with van der Waals surface area (Å²) in [5.41, 5.74) is 1.25. The molecule has 1 unspecified atom stereocenters. The van der Waals surface area contributed by atoms with Crippen molar-refractivity contribution in [1.29, 1.82) is 0 Å². The van der Waals surface area contributed by atoms with Gasteiger partial charge in [0.1, 0.15) is 12.4 Å². The highest BCUT2D eigenvalue weighted by Crippen LogP contribution is 2.23. The van der Waals surface area contributed by atoms with E-state index in [1.54, 1.807) is 0 Å². The fourth-order valence-corrected chi connectivity index (χ4v) is 3.04. The number of thiophene rings is 1. The van der Waals surface area contributed by atoms with Crippen LogP contribution in [0.25, 0.3) is 0 Å². The van der Waals surface area contributed by atoms with Crippen molar-refractivity contribution < 1.29 is 4.74 Å². The van der Waals surface area contributed by atoms with Crippen molar-refractivity contribution in [3.05, 3.63) is 52.2 Å². The molecule has 114 valence electrons. The summed E-state index contributed by atoms with van der Waals surface area (Å²) < 4.78 is 5.87. The second kappa shape index (κ2) is 8.17. The second-order valence-corrected chi connectivity index (χ2v) is 6.18. The van der Waals surface area contributed by atoms with E-state index in [0.717, 1.165) is 18.8 Å². The molecular weight excluding hydrogens is 280 g/mol. The Morgan fingerprint density at radius 2 is 2.14 bits per heavy atom. The van der Waals surface area contributed by atoms with E-state index in [1.807, 2.05) is 30.5 Å². The Bertz CT molecular complexity index is 527. The molecule has 0 bridgehead atoms. The lowest BCUT2D eigenvalue weighted by Gasteiger charge is -2.23. The quantitative estimate of drug-likeness (QED) is 0.807. The summed E-state index contributed by atoms with van der Waals surface area (Å²) in [5, 5.41) is 5.28. The van der Waals surface area contributed by atoms with Gasteiger partial charge in [-0.3, -0.25) is 4.90 Å². The third kappa shape index (κ3) is 4.84. The molecule has 0 spiro atoms. The van der Waals surface area contributed by atoms with Crippen LogP contribution in [0.5, 0.6) is 5.75 Å². The number of hydrogen-bond acceptors (Lipinski definition) is 4. The zero-order valence-electron chi connectivity index (χ0n) is 13.0. The minimum atomic E-state index is 0.434. The highest BCUT2D eigenvalue weighted by molar-refractivity contribution is 7.10. The Balaban J connectivity index is 1.79. The molecule has 0 aliphatic carbocycles. The first kappa shape index (κ1) is 16.0. The van der Waals surface area contributed by atoms with Crippen LogP contribution in [0, 0.1) is 0 Å². The van der Waals surface area contributed by atoms with E-state index in [4.69, 9.17) is 4.74 Å². The molecule has 0 radical (unpaired) electrons. The van der Waals surface area contributed by atoms with Crippen LogP contribution < -0.4 is 10.1 Å². The molecule has 21 heavy (non-hydrogen) atoms. The molecule has 1 atom stereocenters. The van der Waals surface area contributed by atoms with Crippen molar-refractivity contribution >= 4 is 11.3 Å². The highest BCUT2D eigenvalue weighted by Gasteiger charge is 2.12. The topological polar surface area (TPSA) is 24.5 Å². The minimum absolute atomic E-state index is 0.434. The van der Waals surface area contributed by atoms with Crippen LogP contribution in [0.2, 0.25) is 0 Å². The van der Waals surface area contributed by atoms with Gasteiger partial charge in [0.2, 0.25) is 0 Å². The lowest BCUT2D eigenvalue weighted by Crippen LogP contribution is -2.26. The van der Waals surface area contributed by atoms with Crippen LogP contribution in [0.4, 0.5) is 0 Å². The monoisotopic (exact) mass is 304 g/mol. The molecule has 0 fully saturated rings. The van der Waals surface area contributed by atoms with Gasteiger partial charge < -0.3 is 10.1 Å². The largest absolute Gasteiger partial charge is 0.492 e. The molecule has 4 heteroatoms. The van der Waals surface area contributed by atoms with E-state index in [1.165, 1.54) is 10.4 Å². The molecule has 0 aliphatic rings. The van der Waals surface area contributed by atoms with E-state index >= 15 is 0 Å². The number of nitrogens with zero attached hydrogens (tertiary/aromatic N) is 1. The Morgan fingerprint density at radius 3 is 2.86 bits per heavy atom. The fraction of sp³-hybridized carbons (Fsp3) is 0.412. The zero-order valence-corrected chi connectivity index (χ0v) is 13.8. The van der Waals surface area contributed by atoms with Crippen LogP contribution in [-0.2, 0) is 6.54 Å². The second-order valence-electron chi connectivity index (χ2n) is 5.20. The first-order valence-corrected chi connectivity index (χ1v) is 8.18. The molecule has 1 aromatic heterocycles. The number of rotatable bonds is 8. The molecule has 1 N–H and O–H groups in total. The predicted octanol–water partition coefficient (Wildman–Crippen LogP) is 3.54. The number of hydrogen-bond donors (Lipinski definition) is 1. The zero-order chi connectivity index (χ0) is 15.1. The molecule has 0 saturated carbocycles. The summed E-state index contributed by atoms with van der Waals surface area (Å²) in [4.78, 5) is 3.72. The SMILES string of the molecule is CNCc1cccc(OCCN(C)C(C)c2cccs2)c1. The average molecular weight is 304 g/mol. The van der Waals surface area contributed by atoms with Crippen molar-refractivity contribution in [3.8, 4) is 5.75 Å². The van der Waals surface area contributed by atoms with E-state index < -0.39 is 0 Å². The molecule has 0 aliphatic heterocycles. The Hall–Kier alpha value is -1.36. The maximum absolute atomic E-state index is 5.87. The number of ether oxygens (including phenoxy) is 1. The van der Waals surface area contributed by atoms with Gasteiger partial charge >= 0.3 is 0 Å². The average Bonchev–Trinajstić information content (AvgIpc) is 3.01. The van der Waals surface area contributed by atoms with Gasteiger partial charge in [-0.15, -0.1) is 11.3 Å². The summed E-state index contributed by atoms with van der Waals surface area (Å²) in [6, 6.07) is 13.0. The number of benzene rings is 1. The van der Waals surface area contributed by atoms with Crippen LogP contribution in [-0.4, -0.2) is 32.1 Å². The van der Waals surface area contributed by atoms with Crippen molar-refractivity contribution in [2.45, 2.75) is 19.5 Å². The maximum atomic E-state index is 5.87. The molecule has 0 amide bonds. The van der Waals surface area contributed by atoms with Gasteiger partial charge in [0.15, 0.2) is 0 Å². The van der Waals surface area contributed by atoms with Gasteiger partial charge in [-0.05, 0) is 50.2 Å². The molecule has 2 rings (SSSR count). The Morgan fingerprint density at radius 1 is 1.29 bits per heavy atom. The van der Waals surface area contributed by atoms with E-state index in [0.29, 0.717) is 12.6 Å². The van der Waals surface area contributed by atoms with Crippen molar-refractivity contribution in [2.24, 2.45) is 0 Å². The summed E-state index contributed by atoms with van der Waals surface area (Å²) in [6.45, 7) is 4.72. The number of nitrogens with one attached hydrogen (secondary N) is 1. The van der Waals surface area contributed by atoms with Crippen molar-refractivity contribution in [3.63, 3.8) is 0 Å². The first-order valence-electron chi connectivity index (χ1n) is 7.30. The van der Waals surface area contributed by atoms with Gasteiger partial charge in [-0.2, -0.15) is 0 Å². The summed E-state index contributed by atoms with van der Waals surface area (Å²) in [6.07, 6.45) is 0. The highest BCUT2D eigenvalue weighted by atomic mass is 32.1. The van der Waals surface area contributed by atoms with E-state index in [2.05, 4.69) is 53.8 Å². The Kier molecular flexibility index (Phi) is 6.23. The third-order valence-corrected chi connectivity index (χ3v) is 4.65. The summed E-state index contributed by atoms with van der Waals surface area (Å²) in [5.74, 6) is 0.944. The standard InChI is InChI=1S/C17H24N2OS/c1-14(17-8-5-11-21-17)19(3)9-10-20-16-7-4-6-15(12-16)13-18-2/h4-8,11-12,14,18H,9-10,13H2,1-3H3. The van der Waals surface area contributed by atoms with Crippen LogP contribution in [0.15, 0.2) is 41.8 Å². The molecule has 1 aromatic carbocycles. The molecule has 1 heterocycles. The molecule has 0 saturated heterocycles. The van der Waals surface area contributed by atoms with Gasteiger partial charge in [0, 0.05) is 24.0 Å². The summed E-state index contributed by atoms with van der Waals surface area (Å²) >= 11 is 1.81. The van der Waals surface area contributed by atoms with Crippen LogP contribution >= 0.6 is 11.3 Å². The van der Waals surface area contributed by atoms with Crippen molar-refractivity contribution in [2.75, 3.05) is 27.2 Å². The van der Waals surface area contributed by atoms with Gasteiger partial charge in [0.05, 0.1) is 0 Å². The molecular formula is C17H24N2OS.